The van der Waals surface area contributed by atoms with Crippen molar-refractivity contribution in [2.24, 2.45) is 0 Å². The first kappa shape index (κ1) is 19.0. The average molecular weight is 370 g/mol. The predicted molar refractivity (Wildman–Crippen MR) is 88.3 cm³/mol. The Morgan fingerprint density at radius 2 is 2.15 bits per heavy atom. The lowest BCUT2D eigenvalue weighted by Gasteiger charge is -2.20. The third-order valence-corrected chi connectivity index (χ3v) is 4.79. The number of aliphatic hydroxyl groups excluding tert-OH is 3. The van der Waals surface area contributed by atoms with Gasteiger partial charge in [0.05, 0.1) is 0 Å². The Morgan fingerprint density at radius 3 is 2.77 bits per heavy atom. The van der Waals surface area contributed by atoms with Gasteiger partial charge in [0.15, 0.2) is 6.23 Å². The zero-order chi connectivity index (χ0) is 18.9. The largest absolute Gasteiger partial charge is 0.473 e. The van der Waals surface area contributed by atoms with E-state index in [9.17, 15) is 19.4 Å². The molecule has 9 heteroatoms. The van der Waals surface area contributed by atoms with Gasteiger partial charge in [-0.3, -0.25) is 4.57 Å². The van der Waals surface area contributed by atoms with Crippen LogP contribution in [-0.2, 0) is 4.74 Å². The number of halogens is 1. The van der Waals surface area contributed by atoms with Crippen LogP contribution in [0.25, 0.3) is 0 Å². The number of ether oxygens (including phenoxy) is 2. The van der Waals surface area contributed by atoms with Gasteiger partial charge < -0.3 is 24.8 Å². The standard InChI is InChI=1S/C17H23FN2O6/c1-10-8-20(15-12(22)13(23)17(18,9-21)26-15)16(24)19-14(10)25-7-6-11-4-2-3-5-11/h6,8,12-13,15,21-23H,2-5,7,9H2,1H3/t12-,13+,15-,17-/m1/s1. The van der Waals surface area contributed by atoms with Crippen LogP contribution < -0.4 is 10.4 Å². The highest BCUT2D eigenvalue weighted by molar-refractivity contribution is 5.21. The van der Waals surface area contributed by atoms with E-state index >= 15 is 0 Å². The van der Waals surface area contributed by atoms with Crippen molar-refractivity contribution >= 4 is 0 Å². The molecule has 3 rings (SSSR count). The minimum Gasteiger partial charge on any atom is -0.473 e. The van der Waals surface area contributed by atoms with Crippen molar-refractivity contribution in [3.05, 3.63) is 33.9 Å². The molecule has 0 unspecified atom stereocenters. The monoisotopic (exact) mass is 370 g/mol. The summed E-state index contributed by atoms with van der Waals surface area (Å²) >= 11 is 0. The molecule has 4 atom stereocenters. The number of hydrogen-bond acceptors (Lipinski definition) is 7. The Balaban J connectivity index is 1.77. The van der Waals surface area contributed by atoms with Crippen molar-refractivity contribution in [2.75, 3.05) is 13.2 Å². The number of hydrogen-bond donors (Lipinski definition) is 3. The van der Waals surface area contributed by atoms with Crippen molar-refractivity contribution in [3.63, 3.8) is 0 Å². The Kier molecular flexibility index (Phi) is 5.42. The SMILES string of the molecule is Cc1cn([C@@H]2O[C@](F)(CO)[C@@H](O)[C@H]2O)c(=O)nc1OCC=C1CCCC1. The minimum absolute atomic E-state index is 0.141. The number of aliphatic hydroxyl groups is 3. The number of alkyl halides is 1. The zero-order valence-electron chi connectivity index (χ0n) is 14.5. The zero-order valence-corrected chi connectivity index (χ0v) is 14.5. The van der Waals surface area contributed by atoms with Gasteiger partial charge in [-0.1, -0.05) is 5.57 Å². The lowest BCUT2D eigenvalue weighted by atomic mass is 10.1. The lowest BCUT2D eigenvalue weighted by molar-refractivity contribution is -0.207. The quantitative estimate of drug-likeness (QED) is 0.641. The highest BCUT2D eigenvalue weighted by Crippen LogP contribution is 2.37. The Bertz CT molecular complexity index is 743. The van der Waals surface area contributed by atoms with Crippen molar-refractivity contribution in [2.45, 2.75) is 56.9 Å². The molecule has 3 N–H and O–H groups in total. The van der Waals surface area contributed by atoms with Gasteiger partial charge in [-0.05, 0) is 38.7 Å². The fourth-order valence-corrected chi connectivity index (χ4v) is 3.26. The normalized spacial score (nSPS) is 31.4. The molecule has 1 saturated heterocycles. The molecule has 2 heterocycles. The van der Waals surface area contributed by atoms with Gasteiger partial charge in [-0.25, -0.2) is 9.18 Å². The number of aryl methyl sites for hydroxylation is 1. The van der Waals surface area contributed by atoms with Crippen LogP contribution in [0.5, 0.6) is 5.88 Å². The van der Waals surface area contributed by atoms with Crippen LogP contribution in [0.4, 0.5) is 4.39 Å². The van der Waals surface area contributed by atoms with Crippen LogP contribution in [-0.4, -0.2) is 56.1 Å². The van der Waals surface area contributed by atoms with Gasteiger partial charge in [-0.2, -0.15) is 4.98 Å². The molecule has 26 heavy (non-hydrogen) atoms. The van der Waals surface area contributed by atoms with E-state index in [1.807, 2.05) is 6.08 Å². The molecule has 1 aliphatic carbocycles. The van der Waals surface area contributed by atoms with E-state index in [4.69, 9.17) is 14.6 Å². The summed E-state index contributed by atoms with van der Waals surface area (Å²) < 4.78 is 25.5. The molecule has 8 nitrogen and oxygen atoms in total. The molecule has 0 amide bonds. The second-order valence-corrected chi connectivity index (χ2v) is 6.69. The first-order chi connectivity index (χ1) is 12.4. The fourth-order valence-electron chi connectivity index (χ4n) is 3.26. The molecule has 1 aromatic rings. The smallest absolute Gasteiger partial charge is 0.353 e. The fraction of sp³-hybridized carbons (Fsp3) is 0.647. The molecular weight excluding hydrogens is 347 g/mol. The Labute approximate surface area is 149 Å². The summed E-state index contributed by atoms with van der Waals surface area (Å²) in [6.07, 6.45) is 2.56. The van der Waals surface area contributed by atoms with Crippen LogP contribution in [0.3, 0.4) is 0 Å². The second kappa shape index (κ2) is 7.43. The molecule has 0 bridgehead atoms. The minimum atomic E-state index is -2.85. The number of nitrogens with zero attached hydrogens (tertiary/aromatic N) is 2. The Morgan fingerprint density at radius 1 is 1.46 bits per heavy atom. The van der Waals surface area contributed by atoms with Crippen molar-refractivity contribution < 1.29 is 29.2 Å². The number of aromatic nitrogens is 2. The van der Waals surface area contributed by atoms with Crippen LogP contribution in [0, 0.1) is 6.92 Å². The summed E-state index contributed by atoms with van der Waals surface area (Å²) in [5.41, 5.74) is 0.994. The van der Waals surface area contributed by atoms with E-state index < -0.39 is 36.6 Å². The van der Waals surface area contributed by atoms with Crippen molar-refractivity contribution in [1.82, 2.24) is 9.55 Å². The number of allylic oxidation sites excluding steroid dienone is 1. The topological polar surface area (TPSA) is 114 Å². The molecule has 2 fully saturated rings. The third kappa shape index (κ3) is 3.52. The van der Waals surface area contributed by atoms with Gasteiger partial charge >= 0.3 is 5.69 Å². The molecule has 1 saturated carbocycles. The Hall–Kier alpha value is -1.81. The van der Waals surface area contributed by atoms with Crippen LogP contribution in [0.2, 0.25) is 0 Å². The summed E-state index contributed by atoms with van der Waals surface area (Å²) in [6.45, 7) is 0.790. The first-order valence-electron chi connectivity index (χ1n) is 8.60. The highest BCUT2D eigenvalue weighted by Gasteiger charge is 2.56. The highest BCUT2D eigenvalue weighted by atomic mass is 19.2. The predicted octanol–water partition coefficient (Wildman–Crippen LogP) is 0.340. The summed E-state index contributed by atoms with van der Waals surface area (Å²) in [4.78, 5) is 16.1. The summed E-state index contributed by atoms with van der Waals surface area (Å²) in [5, 5.41) is 28.7. The molecule has 144 valence electrons. The van der Waals surface area contributed by atoms with Crippen LogP contribution in [0.1, 0.15) is 37.5 Å². The molecule has 2 aliphatic rings. The van der Waals surface area contributed by atoms with E-state index in [-0.39, 0.29) is 5.88 Å². The summed E-state index contributed by atoms with van der Waals surface area (Å²) in [5.74, 6) is -2.71. The van der Waals surface area contributed by atoms with Gasteiger partial charge in [0.1, 0.15) is 25.4 Å². The van der Waals surface area contributed by atoms with Gasteiger partial charge in [0, 0.05) is 11.8 Å². The lowest BCUT2D eigenvalue weighted by Crippen LogP contribution is -2.42. The van der Waals surface area contributed by atoms with Gasteiger partial charge in [0.25, 0.3) is 5.85 Å². The summed E-state index contributed by atoms with van der Waals surface area (Å²) in [6, 6.07) is 0. The van der Waals surface area contributed by atoms with Gasteiger partial charge in [0.2, 0.25) is 5.88 Å². The van der Waals surface area contributed by atoms with E-state index in [1.165, 1.54) is 24.6 Å². The molecule has 0 spiro atoms. The maximum Gasteiger partial charge on any atom is 0.353 e. The van der Waals surface area contributed by atoms with E-state index in [2.05, 4.69) is 4.98 Å². The average Bonchev–Trinajstić information content (AvgIpc) is 3.21. The number of rotatable bonds is 5. The van der Waals surface area contributed by atoms with Crippen molar-refractivity contribution in [1.29, 1.82) is 0 Å². The third-order valence-electron chi connectivity index (χ3n) is 4.79. The first-order valence-corrected chi connectivity index (χ1v) is 8.60. The summed E-state index contributed by atoms with van der Waals surface area (Å²) in [7, 11) is 0. The van der Waals surface area contributed by atoms with E-state index in [0.717, 1.165) is 17.4 Å². The van der Waals surface area contributed by atoms with Gasteiger partial charge in [-0.15, -0.1) is 0 Å². The van der Waals surface area contributed by atoms with E-state index in [1.54, 1.807) is 6.92 Å². The maximum atomic E-state index is 14.2. The van der Waals surface area contributed by atoms with Crippen LogP contribution in [0.15, 0.2) is 22.6 Å². The van der Waals surface area contributed by atoms with Crippen molar-refractivity contribution in [3.8, 4) is 5.88 Å². The van der Waals surface area contributed by atoms with E-state index in [0.29, 0.717) is 12.2 Å². The molecule has 0 radical (unpaired) electrons. The molecule has 1 aromatic heterocycles. The molecular formula is C17H23FN2O6. The molecule has 1 aliphatic heterocycles. The molecule has 0 aromatic carbocycles. The van der Waals surface area contributed by atoms with Crippen LogP contribution >= 0.6 is 0 Å². The maximum absolute atomic E-state index is 14.2. The second-order valence-electron chi connectivity index (χ2n) is 6.69.